The van der Waals surface area contributed by atoms with E-state index in [-0.39, 0.29) is 12.4 Å². The normalized spacial score (nSPS) is 10.9. The molecule has 23 heavy (non-hydrogen) atoms. The summed E-state index contributed by atoms with van der Waals surface area (Å²) in [7, 11) is 0. The lowest BCUT2D eigenvalue weighted by Crippen LogP contribution is -2.10. The molecule has 0 bridgehead atoms. The van der Waals surface area contributed by atoms with Crippen LogP contribution in [0.2, 0.25) is 5.02 Å². The maximum absolute atomic E-state index is 12.1. The van der Waals surface area contributed by atoms with Crippen molar-refractivity contribution in [2.45, 2.75) is 13.8 Å². The molecule has 0 fully saturated rings. The van der Waals surface area contributed by atoms with Crippen molar-refractivity contribution in [1.29, 1.82) is 0 Å². The molecule has 2 aromatic heterocycles. The number of carbonyl (C=O) groups is 1. The number of thiophene rings is 1. The van der Waals surface area contributed by atoms with E-state index in [0.29, 0.717) is 21.2 Å². The molecule has 3 rings (SSSR count). The second-order valence-corrected chi connectivity index (χ2v) is 6.84. The number of hydrogen-bond acceptors (Lipinski definition) is 5. The van der Waals surface area contributed by atoms with Gasteiger partial charge in [0, 0.05) is 22.4 Å². The van der Waals surface area contributed by atoms with Crippen LogP contribution in [-0.4, -0.2) is 12.4 Å². The van der Waals surface area contributed by atoms with E-state index >= 15 is 0 Å². The maximum atomic E-state index is 12.1. The Morgan fingerprint density at radius 1 is 1.26 bits per heavy atom. The number of rotatable bonds is 4. The van der Waals surface area contributed by atoms with E-state index in [1.807, 2.05) is 13.0 Å². The molecule has 0 aliphatic heterocycles. The van der Waals surface area contributed by atoms with Gasteiger partial charge < -0.3 is 9.15 Å². The Bertz CT molecular complexity index is 955. The summed E-state index contributed by atoms with van der Waals surface area (Å²) in [5.74, 6) is 0.194. The van der Waals surface area contributed by atoms with Crippen molar-refractivity contribution in [3.8, 4) is 5.75 Å². The van der Waals surface area contributed by atoms with Crippen molar-refractivity contribution >= 4 is 39.7 Å². The fraction of sp³-hybridized carbons (Fsp3) is 0.176. The second kappa shape index (κ2) is 6.18. The molecular formula is C17H13ClO4S. The lowest BCUT2D eigenvalue weighted by Gasteiger charge is -2.09. The first-order valence-electron chi connectivity index (χ1n) is 6.90. The molecule has 2 heterocycles. The Kier molecular flexibility index (Phi) is 4.24. The van der Waals surface area contributed by atoms with E-state index in [0.717, 1.165) is 15.8 Å². The number of halogens is 1. The minimum Gasteiger partial charge on any atom is -0.484 e. The van der Waals surface area contributed by atoms with E-state index in [2.05, 4.69) is 0 Å². The summed E-state index contributed by atoms with van der Waals surface area (Å²) < 4.78 is 10.7. The summed E-state index contributed by atoms with van der Waals surface area (Å²) in [6.07, 6.45) is 0. The van der Waals surface area contributed by atoms with Crippen molar-refractivity contribution < 1.29 is 13.9 Å². The molecule has 3 aromatic rings. The first-order valence-corrected chi connectivity index (χ1v) is 8.10. The Balaban J connectivity index is 1.87. The summed E-state index contributed by atoms with van der Waals surface area (Å²) in [5.41, 5.74) is 0.720. The molecule has 0 spiro atoms. The van der Waals surface area contributed by atoms with Crippen molar-refractivity contribution in [3.63, 3.8) is 0 Å². The molecule has 0 aliphatic rings. The SMILES string of the molecule is Cc1ccc(C(=O)COc2cc3oc(=O)cc(C)c3cc2Cl)s1. The van der Waals surface area contributed by atoms with Crippen molar-refractivity contribution in [1.82, 2.24) is 0 Å². The molecule has 6 heteroatoms. The number of ketones is 1. The van der Waals surface area contributed by atoms with Gasteiger partial charge in [0.25, 0.3) is 0 Å². The number of ether oxygens (including phenoxy) is 1. The molecule has 1 aromatic carbocycles. The topological polar surface area (TPSA) is 56.5 Å². The van der Waals surface area contributed by atoms with Crippen molar-refractivity contribution in [2.75, 3.05) is 6.61 Å². The van der Waals surface area contributed by atoms with Crippen molar-refractivity contribution in [2.24, 2.45) is 0 Å². The molecular weight excluding hydrogens is 336 g/mol. The van der Waals surface area contributed by atoms with Gasteiger partial charge in [-0.2, -0.15) is 0 Å². The van der Waals surface area contributed by atoms with Crippen LogP contribution >= 0.6 is 22.9 Å². The lowest BCUT2D eigenvalue weighted by molar-refractivity contribution is 0.0925. The van der Waals surface area contributed by atoms with Crippen LogP contribution in [0.1, 0.15) is 20.1 Å². The van der Waals surface area contributed by atoms with Crippen LogP contribution in [0.3, 0.4) is 0 Å². The third kappa shape index (κ3) is 3.30. The zero-order chi connectivity index (χ0) is 16.6. The van der Waals surface area contributed by atoms with Gasteiger partial charge >= 0.3 is 5.63 Å². The number of fused-ring (bicyclic) bond motifs is 1. The van der Waals surface area contributed by atoms with E-state index in [1.165, 1.54) is 17.4 Å². The molecule has 0 aliphatic carbocycles. The second-order valence-electron chi connectivity index (χ2n) is 5.15. The molecule has 0 N–H and O–H groups in total. The minimum atomic E-state index is -0.437. The first-order chi connectivity index (χ1) is 10.9. The highest BCUT2D eigenvalue weighted by atomic mass is 35.5. The van der Waals surface area contributed by atoms with Gasteiger partial charge in [-0.1, -0.05) is 11.6 Å². The molecule has 0 radical (unpaired) electrons. The Morgan fingerprint density at radius 3 is 2.74 bits per heavy atom. The Morgan fingerprint density at radius 2 is 2.04 bits per heavy atom. The number of benzene rings is 1. The van der Waals surface area contributed by atoms with Crippen LogP contribution in [0.5, 0.6) is 5.75 Å². The third-order valence-electron chi connectivity index (χ3n) is 3.38. The zero-order valence-corrected chi connectivity index (χ0v) is 14.1. The largest absolute Gasteiger partial charge is 0.484 e. The van der Waals surface area contributed by atoms with Gasteiger partial charge in [0.1, 0.15) is 11.3 Å². The summed E-state index contributed by atoms with van der Waals surface area (Å²) in [6, 6.07) is 8.28. The molecule has 4 nitrogen and oxygen atoms in total. The smallest absolute Gasteiger partial charge is 0.336 e. The standard InChI is InChI=1S/C17H13ClO4S/c1-9-5-17(20)22-14-7-15(12(18)6-11(9)14)21-8-13(19)16-4-3-10(2)23-16/h3-7H,8H2,1-2H3. The maximum Gasteiger partial charge on any atom is 0.336 e. The van der Waals surface area contributed by atoms with E-state index < -0.39 is 5.63 Å². The van der Waals surface area contributed by atoms with E-state index in [4.69, 9.17) is 20.8 Å². The highest BCUT2D eigenvalue weighted by Crippen LogP contribution is 2.31. The molecule has 118 valence electrons. The number of hydrogen-bond donors (Lipinski definition) is 0. The zero-order valence-electron chi connectivity index (χ0n) is 12.5. The minimum absolute atomic E-state index is 0.120. The summed E-state index contributed by atoms with van der Waals surface area (Å²) in [6.45, 7) is 3.62. The average Bonchev–Trinajstić information content (AvgIpc) is 2.92. The number of Topliss-reactive ketones (excluding diaryl/α,β-unsaturated/α-hetero) is 1. The highest BCUT2D eigenvalue weighted by Gasteiger charge is 2.13. The molecule has 0 saturated carbocycles. The molecule has 0 amide bonds. The van der Waals surface area contributed by atoms with Gasteiger partial charge in [-0.05, 0) is 37.6 Å². The van der Waals surface area contributed by atoms with Crippen LogP contribution in [0.4, 0.5) is 0 Å². The van der Waals surface area contributed by atoms with E-state index in [1.54, 1.807) is 25.1 Å². The van der Waals surface area contributed by atoms with Gasteiger partial charge in [0.05, 0.1) is 9.90 Å². The van der Waals surface area contributed by atoms with Gasteiger partial charge in [0.2, 0.25) is 5.78 Å². The molecule has 0 atom stereocenters. The summed E-state index contributed by atoms with van der Waals surface area (Å²) in [5, 5.41) is 1.10. The third-order valence-corrected chi connectivity index (χ3v) is 4.71. The van der Waals surface area contributed by atoms with Crippen LogP contribution in [0, 0.1) is 13.8 Å². The van der Waals surface area contributed by atoms with Crippen LogP contribution in [0.25, 0.3) is 11.0 Å². The van der Waals surface area contributed by atoms with E-state index in [9.17, 15) is 9.59 Å². The summed E-state index contributed by atoms with van der Waals surface area (Å²) in [4.78, 5) is 25.2. The van der Waals surface area contributed by atoms with Gasteiger partial charge in [-0.15, -0.1) is 11.3 Å². The molecule has 0 saturated heterocycles. The van der Waals surface area contributed by atoms with Gasteiger partial charge in [0.15, 0.2) is 6.61 Å². The van der Waals surface area contributed by atoms with Gasteiger partial charge in [-0.25, -0.2) is 4.79 Å². The Hall–Kier alpha value is -2.11. The first kappa shape index (κ1) is 15.8. The van der Waals surface area contributed by atoms with Crippen molar-refractivity contribution in [3.05, 3.63) is 61.1 Å². The van der Waals surface area contributed by atoms with Crippen LogP contribution < -0.4 is 10.4 Å². The van der Waals surface area contributed by atoms with Crippen LogP contribution in [0.15, 0.2) is 39.5 Å². The fourth-order valence-corrected chi connectivity index (χ4v) is 3.24. The predicted molar refractivity (Wildman–Crippen MR) is 91.1 cm³/mol. The van der Waals surface area contributed by atoms with Gasteiger partial charge in [-0.3, -0.25) is 4.79 Å². The Labute approximate surface area is 141 Å². The predicted octanol–water partition coefficient (Wildman–Crippen LogP) is 4.39. The highest BCUT2D eigenvalue weighted by molar-refractivity contribution is 7.14. The number of aryl methyl sites for hydroxylation is 2. The fourth-order valence-electron chi connectivity index (χ4n) is 2.23. The van der Waals surface area contributed by atoms with Crippen LogP contribution in [-0.2, 0) is 0 Å². The molecule has 0 unspecified atom stereocenters. The monoisotopic (exact) mass is 348 g/mol. The summed E-state index contributed by atoms with van der Waals surface area (Å²) >= 11 is 7.61. The lowest BCUT2D eigenvalue weighted by atomic mass is 10.1. The number of carbonyl (C=O) groups excluding carboxylic acids is 1. The average molecular weight is 349 g/mol. The quantitative estimate of drug-likeness (QED) is 0.518.